The normalized spacial score (nSPS) is 22.9. The number of likely N-dealkylation sites (N-methyl/N-ethyl adjacent to an activating group) is 1. The van der Waals surface area contributed by atoms with Crippen LogP contribution in [0.1, 0.15) is 47.8 Å². The molecular weight excluding hydrogens is 258 g/mol. The summed E-state index contributed by atoms with van der Waals surface area (Å²) in [5, 5.41) is 9.81. The maximum absolute atomic E-state index is 12.2. The third kappa shape index (κ3) is 2.35. The smallest absolute Gasteiger partial charge is 0.274 e. The van der Waals surface area contributed by atoms with E-state index in [1.54, 1.807) is 11.9 Å². The van der Waals surface area contributed by atoms with E-state index < -0.39 is 0 Å². The van der Waals surface area contributed by atoms with Crippen LogP contribution in [0, 0.1) is 0 Å². The largest absolute Gasteiger partial charge is 0.395 e. The van der Waals surface area contributed by atoms with Gasteiger partial charge >= 0.3 is 0 Å². The number of amides is 2. The Morgan fingerprint density at radius 1 is 1.45 bits per heavy atom. The predicted molar refractivity (Wildman–Crippen MR) is 73.1 cm³/mol. The van der Waals surface area contributed by atoms with Crippen LogP contribution in [0.5, 0.6) is 0 Å². The van der Waals surface area contributed by atoms with Gasteiger partial charge in [-0.1, -0.05) is 0 Å². The van der Waals surface area contributed by atoms with Crippen LogP contribution in [0.3, 0.4) is 0 Å². The number of hydrogen-bond acceptors (Lipinski definition) is 4. The lowest BCUT2D eigenvalue weighted by Gasteiger charge is -2.29. The third-order valence-electron chi connectivity index (χ3n) is 4.00. The Labute approximate surface area is 116 Å². The van der Waals surface area contributed by atoms with Gasteiger partial charge in [0.05, 0.1) is 11.4 Å². The minimum atomic E-state index is -0.265. The lowest BCUT2D eigenvalue weighted by atomic mass is 10.1. The molecule has 3 rings (SSSR count). The Bertz CT molecular complexity index is 549. The molecule has 2 heterocycles. The molecule has 2 fully saturated rings. The van der Waals surface area contributed by atoms with Crippen molar-refractivity contribution in [3.05, 3.63) is 11.4 Å². The van der Waals surface area contributed by atoms with Gasteiger partial charge in [-0.2, -0.15) is 5.10 Å². The number of aromatic nitrogens is 2. The van der Waals surface area contributed by atoms with Gasteiger partial charge in [0, 0.05) is 32.0 Å². The van der Waals surface area contributed by atoms with E-state index in [1.807, 2.05) is 0 Å². The molecule has 2 amide bonds. The van der Waals surface area contributed by atoms with E-state index in [4.69, 9.17) is 5.73 Å². The van der Waals surface area contributed by atoms with Crippen molar-refractivity contribution in [3.8, 4) is 0 Å². The number of nitrogens with two attached hydrogens (primary N) is 1. The van der Waals surface area contributed by atoms with E-state index in [0.29, 0.717) is 31.0 Å². The quantitative estimate of drug-likeness (QED) is 0.735. The van der Waals surface area contributed by atoms with Crippen LogP contribution in [0.25, 0.3) is 0 Å². The van der Waals surface area contributed by atoms with Crippen molar-refractivity contribution in [2.24, 2.45) is 0 Å². The highest BCUT2D eigenvalue weighted by molar-refractivity contribution is 5.98. The van der Waals surface area contributed by atoms with Crippen LogP contribution in [-0.4, -0.2) is 46.5 Å². The Kier molecular flexibility index (Phi) is 3.11. The number of H-pyrrole nitrogens is 1. The average Bonchev–Trinajstić information content (AvgIpc) is 3.17. The summed E-state index contributed by atoms with van der Waals surface area (Å²) in [6.07, 6.45) is 3.32. The molecule has 7 nitrogen and oxygen atoms in total. The number of carbonyl (C=O) groups is 2. The SMILES string of the molecule is CN1CC(NC(=O)c2n[nH]c(C3CC3)c2N)CCC1=O. The zero-order chi connectivity index (χ0) is 14.3. The van der Waals surface area contributed by atoms with Crippen LogP contribution in [0.4, 0.5) is 5.69 Å². The molecule has 1 aromatic rings. The number of piperidine rings is 1. The van der Waals surface area contributed by atoms with Gasteiger partial charge in [0.1, 0.15) is 0 Å². The Morgan fingerprint density at radius 2 is 2.20 bits per heavy atom. The highest BCUT2D eigenvalue weighted by atomic mass is 16.2. The Morgan fingerprint density at radius 3 is 2.85 bits per heavy atom. The molecule has 4 N–H and O–H groups in total. The lowest BCUT2D eigenvalue weighted by Crippen LogP contribution is -2.48. The van der Waals surface area contributed by atoms with Gasteiger partial charge < -0.3 is 16.0 Å². The second-order valence-corrected chi connectivity index (χ2v) is 5.66. The summed E-state index contributed by atoms with van der Waals surface area (Å²) < 4.78 is 0. The summed E-state index contributed by atoms with van der Waals surface area (Å²) in [5.74, 6) is 0.284. The summed E-state index contributed by atoms with van der Waals surface area (Å²) in [7, 11) is 1.74. The Hall–Kier alpha value is -2.05. The van der Waals surface area contributed by atoms with Crippen molar-refractivity contribution in [1.29, 1.82) is 0 Å². The zero-order valence-corrected chi connectivity index (χ0v) is 11.5. The molecule has 108 valence electrons. The minimum Gasteiger partial charge on any atom is -0.395 e. The molecule has 1 atom stereocenters. The van der Waals surface area contributed by atoms with Gasteiger partial charge in [-0.25, -0.2) is 0 Å². The summed E-state index contributed by atoms with van der Waals surface area (Å²) in [5.41, 5.74) is 7.59. The number of nitrogens with one attached hydrogen (secondary N) is 2. The van der Waals surface area contributed by atoms with E-state index >= 15 is 0 Å². The summed E-state index contributed by atoms with van der Waals surface area (Å²) in [6, 6.07) is -0.0364. The van der Waals surface area contributed by atoms with Crippen molar-refractivity contribution in [2.45, 2.75) is 37.6 Å². The van der Waals surface area contributed by atoms with Crippen LogP contribution in [0.15, 0.2) is 0 Å². The third-order valence-corrected chi connectivity index (χ3v) is 4.00. The monoisotopic (exact) mass is 277 g/mol. The zero-order valence-electron chi connectivity index (χ0n) is 11.5. The average molecular weight is 277 g/mol. The summed E-state index contributed by atoms with van der Waals surface area (Å²) in [6.45, 7) is 0.532. The number of carbonyl (C=O) groups excluding carboxylic acids is 2. The van der Waals surface area contributed by atoms with E-state index in [9.17, 15) is 9.59 Å². The molecular formula is C13H19N5O2. The minimum absolute atomic E-state index is 0.0364. The predicted octanol–water partition coefficient (Wildman–Crippen LogP) is 0.220. The topological polar surface area (TPSA) is 104 Å². The van der Waals surface area contributed by atoms with Crippen molar-refractivity contribution in [3.63, 3.8) is 0 Å². The van der Waals surface area contributed by atoms with Gasteiger partial charge in [0.2, 0.25) is 5.91 Å². The maximum Gasteiger partial charge on any atom is 0.274 e. The first-order chi connectivity index (χ1) is 9.56. The molecule has 1 aromatic heterocycles. The van der Waals surface area contributed by atoms with Gasteiger partial charge in [0.15, 0.2) is 5.69 Å². The first-order valence-corrected chi connectivity index (χ1v) is 6.95. The first-order valence-electron chi connectivity index (χ1n) is 6.95. The molecule has 0 aromatic carbocycles. The van der Waals surface area contributed by atoms with E-state index in [-0.39, 0.29) is 23.6 Å². The standard InChI is InChI=1S/C13H19N5O2/c1-18-6-8(4-5-9(18)19)15-13(20)12-10(14)11(16-17-12)7-2-3-7/h7-8H,2-6,14H2,1H3,(H,15,20)(H,16,17). The van der Waals surface area contributed by atoms with Crippen LogP contribution < -0.4 is 11.1 Å². The maximum atomic E-state index is 12.2. The van der Waals surface area contributed by atoms with Crippen molar-refractivity contribution in [2.75, 3.05) is 19.3 Å². The number of nitrogens with zero attached hydrogens (tertiary/aromatic N) is 2. The fourth-order valence-corrected chi connectivity index (χ4v) is 2.60. The van der Waals surface area contributed by atoms with Crippen LogP contribution in [0.2, 0.25) is 0 Å². The molecule has 20 heavy (non-hydrogen) atoms. The summed E-state index contributed by atoms with van der Waals surface area (Å²) >= 11 is 0. The van der Waals surface area contributed by atoms with Gasteiger partial charge in [-0.3, -0.25) is 14.7 Å². The second-order valence-electron chi connectivity index (χ2n) is 5.66. The first kappa shape index (κ1) is 13.0. The van der Waals surface area contributed by atoms with E-state index in [0.717, 1.165) is 18.5 Å². The highest BCUT2D eigenvalue weighted by Crippen LogP contribution is 2.42. The number of anilines is 1. The fourth-order valence-electron chi connectivity index (χ4n) is 2.60. The molecule has 1 saturated carbocycles. The van der Waals surface area contributed by atoms with E-state index in [1.165, 1.54) is 0 Å². The fraction of sp³-hybridized carbons (Fsp3) is 0.615. The number of likely N-dealkylation sites (tertiary alicyclic amines) is 1. The molecule has 1 aliphatic carbocycles. The highest BCUT2D eigenvalue weighted by Gasteiger charge is 2.31. The molecule has 0 radical (unpaired) electrons. The van der Waals surface area contributed by atoms with E-state index in [2.05, 4.69) is 15.5 Å². The lowest BCUT2D eigenvalue weighted by molar-refractivity contribution is -0.132. The molecule has 0 bridgehead atoms. The summed E-state index contributed by atoms with van der Waals surface area (Å²) in [4.78, 5) is 25.2. The van der Waals surface area contributed by atoms with Crippen molar-refractivity contribution >= 4 is 17.5 Å². The van der Waals surface area contributed by atoms with Gasteiger partial charge in [-0.05, 0) is 19.3 Å². The Balaban J connectivity index is 1.66. The molecule has 2 aliphatic rings. The number of hydrogen-bond donors (Lipinski definition) is 3. The molecule has 1 unspecified atom stereocenters. The van der Waals surface area contributed by atoms with Gasteiger partial charge in [-0.15, -0.1) is 0 Å². The molecule has 7 heteroatoms. The van der Waals surface area contributed by atoms with Gasteiger partial charge in [0.25, 0.3) is 5.91 Å². The number of aromatic amines is 1. The molecule has 1 aliphatic heterocycles. The van der Waals surface area contributed by atoms with Crippen LogP contribution >= 0.6 is 0 Å². The van der Waals surface area contributed by atoms with Crippen molar-refractivity contribution < 1.29 is 9.59 Å². The number of nitrogen functional groups attached to an aromatic ring is 1. The molecule has 0 spiro atoms. The molecule has 1 saturated heterocycles. The second kappa shape index (κ2) is 4.81. The van der Waals surface area contributed by atoms with Crippen molar-refractivity contribution in [1.82, 2.24) is 20.4 Å². The van der Waals surface area contributed by atoms with Crippen LogP contribution in [-0.2, 0) is 4.79 Å². The number of rotatable bonds is 3.